The summed E-state index contributed by atoms with van der Waals surface area (Å²) in [5.41, 5.74) is 6.74. The first-order chi connectivity index (χ1) is 7.75. The number of rotatable bonds is 2. The predicted molar refractivity (Wildman–Crippen MR) is 65.0 cm³/mol. The fraction of sp³-hybridized carbons (Fsp3) is 0.462. The second-order valence-corrected chi connectivity index (χ2v) is 4.48. The molecule has 1 fully saturated rings. The van der Waals surface area contributed by atoms with E-state index in [1.807, 2.05) is 30.3 Å². The van der Waals surface area contributed by atoms with E-state index >= 15 is 0 Å². The van der Waals surface area contributed by atoms with Crippen LogP contribution >= 0.6 is 0 Å². The molecule has 16 heavy (non-hydrogen) atoms. The highest BCUT2D eigenvalue weighted by Gasteiger charge is 2.25. The van der Waals surface area contributed by atoms with Gasteiger partial charge in [-0.15, -0.1) is 0 Å². The van der Waals surface area contributed by atoms with Crippen molar-refractivity contribution in [3.05, 3.63) is 30.3 Å². The number of amides is 1. The van der Waals surface area contributed by atoms with E-state index in [9.17, 15) is 4.79 Å². The molecule has 1 amide bonds. The Morgan fingerprint density at radius 1 is 1.25 bits per heavy atom. The quantitative estimate of drug-likeness (QED) is 0.799. The van der Waals surface area contributed by atoms with E-state index in [0.717, 1.165) is 31.4 Å². The minimum atomic E-state index is 0.0870. The fourth-order valence-electron chi connectivity index (χ4n) is 2.23. The topological polar surface area (TPSA) is 55.1 Å². The Morgan fingerprint density at radius 3 is 2.69 bits per heavy atom. The Labute approximate surface area is 96.0 Å². The maximum atomic E-state index is 11.9. The molecule has 1 saturated carbocycles. The van der Waals surface area contributed by atoms with Crippen LogP contribution in [0.3, 0.4) is 0 Å². The summed E-state index contributed by atoms with van der Waals surface area (Å²) >= 11 is 0. The summed E-state index contributed by atoms with van der Waals surface area (Å²) in [5.74, 6) is 0.199. The van der Waals surface area contributed by atoms with Gasteiger partial charge in [-0.1, -0.05) is 24.6 Å². The number of hydrogen-bond donors (Lipinski definition) is 2. The minimum Gasteiger partial charge on any atom is -0.328 e. The lowest BCUT2D eigenvalue weighted by molar-refractivity contribution is -0.120. The molecule has 2 atom stereocenters. The Hall–Kier alpha value is -1.35. The molecule has 0 aliphatic heterocycles. The van der Waals surface area contributed by atoms with Gasteiger partial charge in [0.15, 0.2) is 0 Å². The maximum Gasteiger partial charge on any atom is 0.227 e. The molecule has 86 valence electrons. The summed E-state index contributed by atoms with van der Waals surface area (Å²) in [6.45, 7) is 0. The molecule has 3 N–H and O–H groups in total. The van der Waals surface area contributed by atoms with Crippen LogP contribution in [0.15, 0.2) is 30.3 Å². The molecule has 0 unspecified atom stereocenters. The highest BCUT2D eigenvalue weighted by atomic mass is 16.1. The van der Waals surface area contributed by atoms with E-state index in [2.05, 4.69) is 5.32 Å². The molecule has 0 radical (unpaired) electrons. The average molecular weight is 218 g/mol. The van der Waals surface area contributed by atoms with Gasteiger partial charge in [0.2, 0.25) is 5.91 Å². The van der Waals surface area contributed by atoms with Gasteiger partial charge in [-0.3, -0.25) is 4.79 Å². The third kappa shape index (κ3) is 2.83. The van der Waals surface area contributed by atoms with Crippen LogP contribution in [-0.2, 0) is 4.79 Å². The summed E-state index contributed by atoms with van der Waals surface area (Å²) in [6.07, 6.45) is 3.90. The zero-order chi connectivity index (χ0) is 11.4. The van der Waals surface area contributed by atoms with Crippen molar-refractivity contribution in [1.29, 1.82) is 0 Å². The van der Waals surface area contributed by atoms with Crippen molar-refractivity contribution in [2.24, 2.45) is 11.7 Å². The van der Waals surface area contributed by atoms with Crippen LogP contribution < -0.4 is 11.1 Å². The highest BCUT2D eigenvalue weighted by Crippen LogP contribution is 2.24. The average Bonchev–Trinajstić information content (AvgIpc) is 2.30. The van der Waals surface area contributed by atoms with Gasteiger partial charge in [-0.05, 0) is 31.4 Å². The first kappa shape index (κ1) is 11.1. The standard InChI is InChI=1S/C13H18N2O/c14-11-6-4-5-10(9-11)13(16)15-12-7-2-1-3-8-12/h1-3,7-8,10-11H,4-6,9,14H2,(H,15,16)/t10-,11+/m1/s1. The van der Waals surface area contributed by atoms with Gasteiger partial charge in [0, 0.05) is 17.6 Å². The van der Waals surface area contributed by atoms with Crippen LogP contribution in [0, 0.1) is 5.92 Å². The molecule has 1 aromatic rings. The number of carbonyl (C=O) groups is 1. The van der Waals surface area contributed by atoms with Gasteiger partial charge in [0.1, 0.15) is 0 Å². The van der Waals surface area contributed by atoms with Crippen LogP contribution in [0.25, 0.3) is 0 Å². The first-order valence-electron chi connectivity index (χ1n) is 5.87. The predicted octanol–water partition coefficient (Wildman–Crippen LogP) is 2.14. The monoisotopic (exact) mass is 218 g/mol. The van der Waals surface area contributed by atoms with E-state index in [0.29, 0.717) is 0 Å². The van der Waals surface area contributed by atoms with Crippen LogP contribution in [0.1, 0.15) is 25.7 Å². The van der Waals surface area contributed by atoms with Gasteiger partial charge >= 0.3 is 0 Å². The van der Waals surface area contributed by atoms with Gasteiger partial charge in [-0.2, -0.15) is 0 Å². The van der Waals surface area contributed by atoms with E-state index < -0.39 is 0 Å². The number of carbonyl (C=O) groups excluding carboxylic acids is 1. The van der Waals surface area contributed by atoms with Crippen molar-refractivity contribution < 1.29 is 4.79 Å². The molecule has 0 spiro atoms. The van der Waals surface area contributed by atoms with Crippen LogP contribution in [0.2, 0.25) is 0 Å². The van der Waals surface area contributed by atoms with Crippen molar-refractivity contribution in [3.8, 4) is 0 Å². The maximum absolute atomic E-state index is 11.9. The minimum absolute atomic E-state index is 0.0870. The molecule has 0 saturated heterocycles. The normalized spacial score (nSPS) is 25.1. The summed E-state index contributed by atoms with van der Waals surface area (Å²) in [5, 5.41) is 2.94. The summed E-state index contributed by atoms with van der Waals surface area (Å²) in [7, 11) is 0. The van der Waals surface area contributed by atoms with E-state index in [1.165, 1.54) is 0 Å². The Kier molecular flexibility index (Phi) is 3.57. The Morgan fingerprint density at radius 2 is 2.00 bits per heavy atom. The van der Waals surface area contributed by atoms with Crippen LogP contribution in [0.5, 0.6) is 0 Å². The molecule has 0 bridgehead atoms. The van der Waals surface area contributed by atoms with Crippen molar-refractivity contribution in [1.82, 2.24) is 0 Å². The van der Waals surface area contributed by atoms with Gasteiger partial charge in [-0.25, -0.2) is 0 Å². The second kappa shape index (κ2) is 5.12. The SMILES string of the molecule is N[C@H]1CCC[C@@H](C(=O)Nc2ccccc2)C1. The van der Waals surface area contributed by atoms with E-state index in [4.69, 9.17) is 5.73 Å². The molecule has 3 nitrogen and oxygen atoms in total. The van der Waals surface area contributed by atoms with Crippen molar-refractivity contribution >= 4 is 11.6 Å². The molecule has 3 heteroatoms. The van der Waals surface area contributed by atoms with Gasteiger partial charge in [0.25, 0.3) is 0 Å². The third-order valence-corrected chi connectivity index (χ3v) is 3.13. The van der Waals surface area contributed by atoms with E-state index in [1.54, 1.807) is 0 Å². The molecule has 0 aromatic heterocycles. The molecule has 1 aliphatic carbocycles. The van der Waals surface area contributed by atoms with E-state index in [-0.39, 0.29) is 17.9 Å². The number of anilines is 1. The lowest BCUT2D eigenvalue weighted by atomic mass is 9.85. The molecule has 0 heterocycles. The van der Waals surface area contributed by atoms with Crippen LogP contribution in [0.4, 0.5) is 5.69 Å². The highest BCUT2D eigenvalue weighted by molar-refractivity contribution is 5.92. The van der Waals surface area contributed by atoms with Crippen molar-refractivity contribution in [2.45, 2.75) is 31.7 Å². The largest absolute Gasteiger partial charge is 0.328 e. The van der Waals surface area contributed by atoms with Crippen molar-refractivity contribution in [2.75, 3.05) is 5.32 Å². The number of nitrogens with one attached hydrogen (secondary N) is 1. The van der Waals surface area contributed by atoms with Gasteiger partial charge < -0.3 is 11.1 Å². The van der Waals surface area contributed by atoms with Gasteiger partial charge in [0.05, 0.1) is 0 Å². The molecular formula is C13H18N2O. The molecular weight excluding hydrogens is 200 g/mol. The van der Waals surface area contributed by atoms with Crippen LogP contribution in [-0.4, -0.2) is 11.9 Å². The first-order valence-corrected chi connectivity index (χ1v) is 5.87. The van der Waals surface area contributed by atoms with Crippen molar-refractivity contribution in [3.63, 3.8) is 0 Å². The fourth-order valence-corrected chi connectivity index (χ4v) is 2.23. The summed E-state index contributed by atoms with van der Waals surface area (Å²) in [6, 6.07) is 9.78. The summed E-state index contributed by atoms with van der Waals surface area (Å²) < 4.78 is 0. The second-order valence-electron chi connectivity index (χ2n) is 4.48. The Balaban J connectivity index is 1.93. The number of hydrogen-bond acceptors (Lipinski definition) is 2. The molecule has 2 rings (SSSR count). The number of benzene rings is 1. The number of para-hydroxylation sites is 1. The summed E-state index contributed by atoms with van der Waals surface area (Å²) in [4.78, 5) is 11.9. The lowest BCUT2D eigenvalue weighted by Gasteiger charge is -2.25. The molecule has 1 aliphatic rings. The molecule has 1 aromatic carbocycles. The number of nitrogens with two attached hydrogens (primary N) is 1. The smallest absolute Gasteiger partial charge is 0.227 e. The third-order valence-electron chi connectivity index (χ3n) is 3.13. The Bertz CT molecular complexity index is 350. The zero-order valence-corrected chi connectivity index (χ0v) is 9.36. The zero-order valence-electron chi connectivity index (χ0n) is 9.36. The lowest BCUT2D eigenvalue weighted by Crippen LogP contribution is -2.34.